The Bertz CT molecular complexity index is 634. The molecule has 1 aromatic carbocycles. The number of aliphatic hydroxyl groups is 1. The Hall–Kier alpha value is -1.59. The van der Waals surface area contributed by atoms with Gasteiger partial charge in [0.25, 0.3) is 0 Å². The first kappa shape index (κ1) is 14.4. The zero-order chi connectivity index (χ0) is 14.8. The molecule has 1 fully saturated rings. The molecule has 4 nitrogen and oxygen atoms in total. The van der Waals surface area contributed by atoms with E-state index in [0.29, 0.717) is 18.3 Å². The summed E-state index contributed by atoms with van der Waals surface area (Å²) < 4.78 is 10.9. The number of thiazole rings is 1. The average Bonchev–Trinajstić information content (AvgIpc) is 3.27. The fraction of sp³-hybridized carbons (Fsp3) is 0.438. The van der Waals surface area contributed by atoms with Crippen LogP contribution in [0.2, 0.25) is 0 Å². The number of ether oxygens (including phenoxy) is 2. The van der Waals surface area contributed by atoms with Crippen LogP contribution in [-0.2, 0) is 6.61 Å². The summed E-state index contributed by atoms with van der Waals surface area (Å²) in [5, 5.41) is 10.4. The summed E-state index contributed by atoms with van der Waals surface area (Å²) in [6.07, 6.45) is 2.37. The van der Waals surface area contributed by atoms with Crippen LogP contribution in [0.5, 0.6) is 11.5 Å². The summed E-state index contributed by atoms with van der Waals surface area (Å²) >= 11 is 1.56. The Kier molecular flexibility index (Phi) is 4.12. The third-order valence-corrected chi connectivity index (χ3v) is 4.65. The first-order valence-corrected chi connectivity index (χ1v) is 8.00. The first-order chi connectivity index (χ1) is 10.3. The average molecular weight is 305 g/mol. The van der Waals surface area contributed by atoms with Gasteiger partial charge in [0, 0.05) is 11.5 Å². The molecule has 0 spiro atoms. The third-order valence-electron chi connectivity index (χ3n) is 3.55. The molecule has 0 amide bonds. The molecule has 5 heteroatoms. The summed E-state index contributed by atoms with van der Waals surface area (Å²) in [7, 11) is 1.64. The number of nitrogens with zero attached hydrogens (tertiary/aromatic N) is 1. The minimum Gasteiger partial charge on any atom is -0.493 e. The quantitative estimate of drug-likeness (QED) is 0.886. The number of rotatable bonds is 6. The van der Waals surface area contributed by atoms with Gasteiger partial charge >= 0.3 is 0 Å². The van der Waals surface area contributed by atoms with Crippen LogP contribution < -0.4 is 9.47 Å². The van der Waals surface area contributed by atoms with Crippen LogP contribution in [0, 0.1) is 0 Å². The van der Waals surface area contributed by atoms with Crippen molar-refractivity contribution in [1.82, 2.24) is 4.98 Å². The molecule has 0 saturated heterocycles. The summed E-state index contributed by atoms with van der Waals surface area (Å²) in [4.78, 5) is 5.71. The van der Waals surface area contributed by atoms with E-state index in [1.165, 1.54) is 12.8 Å². The van der Waals surface area contributed by atoms with Crippen molar-refractivity contribution in [3.8, 4) is 22.1 Å². The van der Waals surface area contributed by atoms with Gasteiger partial charge in [-0.05, 0) is 38.0 Å². The van der Waals surface area contributed by atoms with Crippen molar-refractivity contribution in [1.29, 1.82) is 0 Å². The van der Waals surface area contributed by atoms with Crippen molar-refractivity contribution in [2.24, 2.45) is 0 Å². The van der Waals surface area contributed by atoms with Crippen molar-refractivity contribution < 1.29 is 14.6 Å². The van der Waals surface area contributed by atoms with E-state index in [4.69, 9.17) is 14.5 Å². The predicted octanol–water partition coefficient (Wildman–Crippen LogP) is 3.59. The highest BCUT2D eigenvalue weighted by Gasteiger charge is 2.29. The predicted molar refractivity (Wildman–Crippen MR) is 83.2 cm³/mol. The maximum Gasteiger partial charge on any atom is 0.161 e. The molecule has 0 aliphatic heterocycles. The second-order valence-corrected chi connectivity index (χ2v) is 6.14. The molecular formula is C16H19NO3S. The van der Waals surface area contributed by atoms with Crippen LogP contribution in [0.4, 0.5) is 0 Å². The lowest BCUT2D eigenvalue weighted by Gasteiger charge is -2.09. The van der Waals surface area contributed by atoms with Crippen LogP contribution >= 0.6 is 11.3 Å². The van der Waals surface area contributed by atoms with E-state index in [1.54, 1.807) is 18.4 Å². The zero-order valence-electron chi connectivity index (χ0n) is 12.3. The summed E-state index contributed by atoms with van der Waals surface area (Å²) in [5.74, 6) is 2.00. The van der Waals surface area contributed by atoms with Gasteiger partial charge < -0.3 is 14.6 Å². The molecule has 1 N–H and O–H groups in total. The molecule has 1 heterocycles. The molecule has 1 aliphatic carbocycles. The minimum absolute atomic E-state index is 0.0671. The van der Waals surface area contributed by atoms with Crippen LogP contribution in [0.25, 0.3) is 10.6 Å². The molecule has 1 saturated carbocycles. The summed E-state index contributed by atoms with van der Waals surface area (Å²) in [6.45, 7) is 2.62. The van der Waals surface area contributed by atoms with Crippen molar-refractivity contribution in [2.75, 3.05) is 13.7 Å². The van der Waals surface area contributed by atoms with Crippen molar-refractivity contribution in [3.05, 3.63) is 28.8 Å². The molecular weight excluding hydrogens is 286 g/mol. The van der Waals surface area contributed by atoms with E-state index in [2.05, 4.69) is 0 Å². The smallest absolute Gasteiger partial charge is 0.161 e. The molecule has 21 heavy (non-hydrogen) atoms. The van der Waals surface area contributed by atoms with Gasteiger partial charge in [-0.1, -0.05) is 0 Å². The summed E-state index contributed by atoms with van der Waals surface area (Å²) in [5.41, 5.74) is 2.08. The third kappa shape index (κ3) is 2.89. The Balaban J connectivity index is 1.96. The fourth-order valence-electron chi connectivity index (χ4n) is 2.35. The molecule has 1 aromatic heterocycles. The van der Waals surface area contributed by atoms with E-state index >= 15 is 0 Å². The number of hydrogen-bond acceptors (Lipinski definition) is 5. The lowest BCUT2D eigenvalue weighted by Crippen LogP contribution is -1.95. The lowest BCUT2D eigenvalue weighted by atomic mass is 10.2. The topological polar surface area (TPSA) is 51.6 Å². The van der Waals surface area contributed by atoms with Gasteiger partial charge in [0.05, 0.1) is 30.9 Å². The highest BCUT2D eigenvalue weighted by Crippen LogP contribution is 2.44. The normalized spacial score (nSPS) is 14.2. The number of hydrogen-bond donors (Lipinski definition) is 1. The molecule has 1 aliphatic rings. The molecule has 0 unspecified atom stereocenters. The lowest BCUT2D eigenvalue weighted by molar-refractivity contribution is 0.284. The van der Waals surface area contributed by atoms with E-state index in [-0.39, 0.29) is 6.61 Å². The first-order valence-electron chi connectivity index (χ1n) is 7.18. The Morgan fingerprint density at radius 2 is 2.14 bits per heavy atom. The molecule has 0 radical (unpaired) electrons. The van der Waals surface area contributed by atoms with E-state index in [9.17, 15) is 5.11 Å². The van der Waals surface area contributed by atoms with Gasteiger partial charge in [-0.25, -0.2) is 4.98 Å². The Morgan fingerprint density at radius 3 is 2.76 bits per heavy atom. The van der Waals surface area contributed by atoms with Crippen LogP contribution in [-0.4, -0.2) is 23.8 Å². The molecule has 2 aromatic rings. The van der Waals surface area contributed by atoms with Gasteiger partial charge in [-0.2, -0.15) is 0 Å². The van der Waals surface area contributed by atoms with Gasteiger partial charge in [-0.3, -0.25) is 0 Å². The van der Waals surface area contributed by atoms with Crippen LogP contribution in [0.15, 0.2) is 18.2 Å². The Morgan fingerprint density at radius 1 is 1.33 bits per heavy atom. The minimum atomic E-state index is 0.0671. The number of aliphatic hydroxyl groups excluding tert-OH is 1. The van der Waals surface area contributed by atoms with Gasteiger partial charge in [0.1, 0.15) is 5.01 Å². The highest BCUT2D eigenvalue weighted by molar-refractivity contribution is 7.15. The van der Waals surface area contributed by atoms with E-state index < -0.39 is 0 Å². The van der Waals surface area contributed by atoms with E-state index in [0.717, 1.165) is 26.9 Å². The second kappa shape index (κ2) is 6.03. The molecule has 0 bridgehead atoms. The Labute approximate surface area is 128 Å². The van der Waals surface area contributed by atoms with Crippen molar-refractivity contribution >= 4 is 11.3 Å². The molecule has 0 atom stereocenters. The molecule has 112 valence electrons. The van der Waals surface area contributed by atoms with Gasteiger partial charge in [0.15, 0.2) is 11.5 Å². The number of methoxy groups -OCH3 is 1. The van der Waals surface area contributed by atoms with Crippen molar-refractivity contribution in [3.63, 3.8) is 0 Å². The largest absolute Gasteiger partial charge is 0.493 e. The van der Waals surface area contributed by atoms with Gasteiger partial charge in [0.2, 0.25) is 0 Å². The monoisotopic (exact) mass is 305 g/mol. The molecule has 3 rings (SSSR count). The maximum atomic E-state index is 9.50. The van der Waals surface area contributed by atoms with Crippen LogP contribution in [0.1, 0.15) is 36.3 Å². The number of aromatic nitrogens is 1. The SMILES string of the molecule is CCOc1ccc(-c2nc(C3CC3)c(CO)s2)cc1OC. The zero-order valence-corrected chi connectivity index (χ0v) is 13.1. The van der Waals surface area contributed by atoms with E-state index in [1.807, 2.05) is 25.1 Å². The summed E-state index contributed by atoms with van der Waals surface area (Å²) in [6, 6.07) is 5.85. The second-order valence-electron chi connectivity index (χ2n) is 5.06. The van der Waals surface area contributed by atoms with Crippen LogP contribution in [0.3, 0.4) is 0 Å². The number of benzene rings is 1. The fourth-order valence-corrected chi connectivity index (χ4v) is 3.36. The maximum absolute atomic E-state index is 9.50. The highest BCUT2D eigenvalue weighted by atomic mass is 32.1. The van der Waals surface area contributed by atoms with Crippen molar-refractivity contribution in [2.45, 2.75) is 32.3 Å². The standard InChI is InChI=1S/C16H19NO3S/c1-3-20-12-7-6-11(8-13(12)19-2)16-17-15(10-4-5-10)14(9-18)21-16/h6-8,10,18H,3-5,9H2,1-2H3. The van der Waals surface area contributed by atoms with Gasteiger partial charge in [-0.15, -0.1) is 11.3 Å².